The van der Waals surface area contributed by atoms with E-state index in [9.17, 15) is 5.26 Å². The molecule has 0 unspecified atom stereocenters. The van der Waals surface area contributed by atoms with Gasteiger partial charge in [0.15, 0.2) is 0 Å². The van der Waals surface area contributed by atoms with Crippen LogP contribution in [0.1, 0.15) is 36.1 Å². The molecule has 0 spiro atoms. The molecule has 0 bridgehead atoms. The summed E-state index contributed by atoms with van der Waals surface area (Å²) in [6.45, 7) is 2.03. The van der Waals surface area contributed by atoms with Crippen LogP contribution in [0, 0.1) is 11.3 Å². The Kier molecular flexibility index (Phi) is 5.35. The molecule has 0 atom stereocenters. The standard InChI is InChI=1S/C31H27N3/c32-21-28-30(34-18-5-2-6-19-34)20-27(25-15-16-29-26(31(25)28)10-7-17-33-29)24-13-11-23(12-14-24)22-8-3-1-4-9-22/h1,3-4,7-14,17,20H,2,5-6,15-16,18-19H2. The van der Waals surface area contributed by atoms with Gasteiger partial charge in [0.25, 0.3) is 0 Å². The summed E-state index contributed by atoms with van der Waals surface area (Å²) in [5.74, 6) is 0. The van der Waals surface area contributed by atoms with Crippen LogP contribution in [0.15, 0.2) is 79.0 Å². The van der Waals surface area contributed by atoms with E-state index in [1.165, 1.54) is 47.1 Å². The number of piperidine rings is 1. The van der Waals surface area contributed by atoms with Crippen LogP contribution in [-0.4, -0.2) is 18.1 Å². The summed E-state index contributed by atoms with van der Waals surface area (Å²) in [6.07, 6.45) is 7.32. The Morgan fingerprint density at radius 2 is 1.47 bits per heavy atom. The fourth-order valence-electron chi connectivity index (χ4n) is 5.60. The fraction of sp³-hybridized carbons (Fsp3) is 0.226. The molecule has 0 saturated carbocycles. The number of nitriles is 1. The lowest BCUT2D eigenvalue weighted by atomic mass is 9.80. The molecule has 2 aliphatic rings. The van der Waals surface area contributed by atoms with Crippen molar-refractivity contribution in [1.82, 2.24) is 4.98 Å². The Labute approximate surface area is 201 Å². The Morgan fingerprint density at radius 3 is 2.24 bits per heavy atom. The van der Waals surface area contributed by atoms with Gasteiger partial charge in [0.2, 0.25) is 0 Å². The van der Waals surface area contributed by atoms with Crippen LogP contribution in [0.3, 0.4) is 0 Å². The van der Waals surface area contributed by atoms with Gasteiger partial charge in [-0.15, -0.1) is 0 Å². The van der Waals surface area contributed by atoms with E-state index in [-0.39, 0.29) is 0 Å². The summed E-state index contributed by atoms with van der Waals surface area (Å²) < 4.78 is 0. The van der Waals surface area contributed by atoms with Crippen LogP contribution < -0.4 is 4.90 Å². The number of pyridine rings is 1. The zero-order valence-corrected chi connectivity index (χ0v) is 19.3. The molecule has 166 valence electrons. The number of hydrogen-bond donors (Lipinski definition) is 0. The molecule has 3 aromatic carbocycles. The Morgan fingerprint density at radius 1 is 0.735 bits per heavy atom. The SMILES string of the molecule is N#Cc1c(N2CCCCC2)cc(-c2ccc(-c3ccccc3)cc2)c2c1-c1cccnc1CC2. The first-order valence-electron chi connectivity index (χ1n) is 12.3. The highest BCUT2D eigenvalue weighted by Crippen LogP contribution is 2.45. The molecule has 34 heavy (non-hydrogen) atoms. The highest BCUT2D eigenvalue weighted by molar-refractivity contribution is 5.91. The van der Waals surface area contributed by atoms with Crippen molar-refractivity contribution in [2.75, 3.05) is 18.0 Å². The second-order valence-electron chi connectivity index (χ2n) is 9.27. The molecule has 1 fully saturated rings. The molecule has 4 aromatic rings. The van der Waals surface area contributed by atoms with E-state index in [1.54, 1.807) is 0 Å². The molecule has 1 saturated heterocycles. The van der Waals surface area contributed by atoms with Crippen molar-refractivity contribution in [1.29, 1.82) is 5.26 Å². The van der Waals surface area contributed by atoms with Gasteiger partial charge in [-0.25, -0.2) is 0 Å². The summed E-state index contributed by atoms with van der Waals surface area (Å²) >= 11 is 0. The minimum atomic E-state index is 0.815. The normalized spacial score (nSPS) is 14.7. The van der Waals surface area contributed by atoms with Crippen molar-refractivity contribution < 1.29 is 0 Å². The van der Waals surface area contributed by atoms with Gasteiger partial charge in [0.05, 0.1) is 11.3 Å². The first-order valence-corrected chi connectivity index (χ1v) is 12.3. The maximum Gasteiger partial charge on any atom is 0.102 e. The summed E-state index contributed by atoms with van der Waals surface area (Å²) in [6, 6.07) is 28.5. The predicted octanol–water partition coefficient (Wildman–Crippen LogP) is 7.04. The lowest BCUT2D eigenvalue weighted by molar-refractivity contribution is 0.577. The van der Waals surface area contributed by atoms with E-state index >= 15 is 0 Å². The van der Waals surface area contributed by atoms with Crippen LogP contribution in [0.2, 0.25) is 0 Å². The molecule has 0 amide bonds. The summed E-state index contributed by atoms with van der Waals surface area (Å²) in [5.41, 5.74) is 11.4. The zero-order valence-electron chi connectivity index (χ0n) is 19.3. The van der Waals surface area contributed by atoms with Crippen LogP contribution in [-0.2, 0) is 12.8 Å². The van der Waals surface area contributed by atoms with Crippen molar-refractivity contribution in [2.45, 2.75) is 32.1 Å². The Bertz CT molecular complexity index is 1380. The molecular formula is C31H27N3. The maximum absolute atomic E-state index is 10.4. The third kappa shape index (κ3) is 3.56. The molecule has 0 radical (unpaired) electrons. The number of aromatic nitrogens is 1. The molecule has 6 rings (SSSR count). The number of rotatable bonds is 3. The minimum Gasteiger partial charge on any atom is -0.370 e. The largest absolute Gasteiger partial charge is 0.370 e. The van der Waals surface area contributed by atoms with Crippen molar-refractivity contribution in [3.63, 3.8) is 0 Å². The molecule has 2 heterocycles. The molecule has 0 N–H and O–H groups in total. The van der Waals surface area contributed by atoms with Crippen LogP contribution in [0.4, 0.5) is 5.69 Å². The summed E-state index contributed by atoms with van der Waals surface area (Å²) in [7, 11) is 0. The number of benzene rings is 3. The van der Waals surface area contributed by atoms with Gasteiger partial charge in [-0.05, 0) is 72.1 Å². The third-order valence-corrected chi connectivity index (χ3v) is 7.30. The topological polar surface area (TPSA) is 39.9 Å². The van der Waals surface area contributed by atoms with Gasteiger partial charge in [0.1, 0.15) is 6.07 Å². The summed E-state index contributed by atoms with van der Waals surface area (Å²) in [4.78, 5) is 7.09. The fourth-order valence-corrected chi connectivity index (χ4v) is 5.60. The highest BCUT2D eigenvalue weighted by atomic mass is 15.1. The number of aryl methyl sites for hydroxylation is 1. The van der Waals surface area contributed by atoms with Crippen molar-refractivity contribution in [3.05, 3.63) is 95.8 Å². The Balaban J connectivity index is 1.55. The highest BCUT2D eigenvalue weighted by Gasteiger charge is 2.28. The zero-order chi connectivity index (χ0) is 22.9. The maximum atomic E-state index is 10.4. The van der Waals surface area contributed by atoms with Gasteiger partial charge in [-0.3, -0.25) is 4.98 Å². The minimum absolute atomic E-state index is 0.815. The average Bonchev–Trinajstić information content (AvgIpc) is 2.93. The molecule has 3 heteroatoms. The third-order valence-electron chi connectivity index (χ3n) is 7.30. The van der Waals surface area contributed by atoms with E-state index in [4.69, 9.17) is 0 Å². The number of anilines is 1. The van der Waals surface area contributed by atoms with Gasteiger partial charge < -0.3 is 4.90 Å². The van der Waals surface area contributed by atoms with E-state index in [0.717, 1.165) is 54.0 Å². The van der Waals surface area contributed by atoms with E-state index in [1.807, 2.05) is 12.3 Å². The van der Waals surface area contributed by atoms with Crippen LogP contribution in [0.5, 0.6) is 0 Å². The molecule has 1 aliphatic heterocycles. The monoisotopic (exact) mass is 441 g/mol. The Hall–Kier alpha value is -3.90. The lowest BCUT2D eigenvalue weighted by Crippen LogP contribution is -2.30. The average molecular weight is 442 g/mol. The van der Waals surface area contributed by atoms with Gasteiger partial charge >= 0.3 is 0 Å². The van der Waals surface area contributed by atoms with Crippen molar-refractivity contribution >= 4 is 5.69 Å². The molecule has 3 nitrogen and oxygen atoms in total. The quantitative estimate of drug-likeness (QED) is 0.342. The van der Waals surface area contributed by atoms with E-state index < -0.39 is 0 Å². The first-order chi connectivity index (χ1) is 16.8. The van der Waals surface area contributed by atoms with Crippen LogP contribution in [0.25, 0.3) is 33.4 Å². The second kappa shape index (κ2) is 8.80. The van der Waals surface area contributed by atoms with Gasteiger partial charge in [-0.2, -0.15) is 5.26 Å². The molecule has 1 aliphatic carbocycles. The number of fused-ring (bicyclic) bond motifs is 3. The lowest BCUT2D eigenvalue weighted by Gasteiger charge is -2.33. The first kappa shape index (κ1) is 20.7. The molecular weight excluding hydrogens is 414 g/mol. The predicted molar refractivity (Wildman–Crippen MR) is 139 cm³/mol. The van der Waals surface area contributed by atoms with E-state index in [2.05, 4.69) is 82.7 Å². The molecule has 1 aromatic heterocycles. The smallest absolute Gasteiger partial charge is 0.102 e. The number of hydrogen-bond acceptors (Lipinski definition) is 3. The van der Waals surface area contributed by atoms with Crippen molar-refractivity contribution in [3.8, 4) is 39.4 Å². The summed E-state index contributed by atoms with van der Waals surface area (Å²) in [5, 5.41) is 10.4. The van der Waals surface area contributed by atoms with Crippen LogP contribution >= 0.6 is 0 Å². The van der Waals surface area contributed by atoms with Gasteiger partial charge in [0, 0.05) is 36.1 Å². The van der Waals surface area contributed by atoms with Crippen molar-refractivity contribution in [2.24, 2.45) is 0 Å². The van der Waals surface area contributed by atoms with E-state index in [0.29, 0.717) is 0 Å². The second-order valence-corrected chi connectivity index (χ2v) is 9.27. The van der Waals surface area contributed by atoms with Gasteiger partial charge in [-0.1, -0.05) is 60.7 Å². The number of nitrogens with zero attached hydrogens (tertiary/aromatic N) is 3.